The highest BCUT2D eigenvalue weighted by molar-refractivity contribution is 7.95. The van der Waals surface area contributed by atoms with Crippen LogP contribution in [0, 0.1) is 0 Å². The van der Waals surface area contributed by atoms with Crippen LogP contribution in [-0.4, -0.2) is 13.2 Å². The molecule has 7 aromatic carbocycles. The van der Waals surface area contributed by atoms with E-state index in [9.17, 15) is 0 Å². The van der Waals surface area contributed by atoms with Crippen LogP contribution >= 0.6 is 14.5 Å². The smallest absolute Gasteiger partial charge is 0.126 e. The van der Waals surface area contributed by atoms with Gasteiger partial charge in [0.15, 0.2) is 0 Å². The van der Waals surface area contributed by atoms with Gasteiger partial charge in [0.2, 0.25) is 0 Å². The lowest BCUT2D eigenvalue weighted by molar-refractivity contribution is 0.292. The molecule has 0 spiro atoms. The van der Waals surface area contributed by atoms with Crippen molar-refractivity contribution in [2.75, 3.05) is 13.2 Å². The van der Waals surface area contributed by atoms with Crippen LogP contribution in [0.1, 0.15) is 153 Å². The van der Waals surface area contributed by atoms with Gasteiger partial charge >= 0.3 is 0 Å². The second-order valence-electron chi connectivity index (χ2n) is 20.1. The van der Waals surface area contributed by atoms with Crippen molar-refractivity contribution in [3.63, 3.8) is 0 Å². The summed E-state index contributed by atoms with van der Waals surface area (Å²) in [5.74, 6) is 2.01. The van der Waals surface area contributed by atoms with E-state index in [2.05, 4.69) is 208 Å². The zero-order chi connectivity index (χ0) is 49.8. The predicted octanol–water partition coefficient (Wildman–Crippen LogP) is 17.3. The summed E-state index contributed by atoms with van der Waals surface area (Å²) < 4.78 is 14.6. The molecule has 0 fully saturated rings. The molecule has 378 valence electrons. The number of ether oxygens (including phenoxy) is 2. The van der Waals surface area contributed by atoms with Crippen molar-refractivity contribution in [1.82, 2.24) is 0 Å². The third-order valence-corrected chi connectivity index (χ3v) is 23.5. The van der Waals surface area contributed by atoms with Crippen LogP contribution in [0.5, 0.6) is 11.5 Å². The number of benzene rings is 7. The molecule has 72 heavy (non-hydrogen) atoms. The molecule has 0 atom stereocenters. The van der Waals surface area contributed by atoms with Gasteiger partial charge in [0.05, 0.1) is 13.2 Å². The number of unbranched alkanes of at least 4 members (excludes halogenated alkanes) is 18. The molecule has 0 aliphatic rings. The van der Waals surface area contributed by atoms with Crippen LogP contribution < -0.4 is 41.3 Å². The fourth-order valence-corrected chi connectivity index (χ4v) is 19.2. The fraction of sp³-hybridized carbons (Fsp3) is 0.382. The third kappa shape index (κ3) is 15.5. The largest absolute Gasteiger partial charge is 0.493 e. The Morgan fingerprint density at radius 1 is 0.264 bits per heavy atom. The zero-order valence-electron chi connectivity index (χ0n) is 44.2. The maximum atomic E-state index is 7.28. The van der Waals surface area contributed by atoms with Gasteiger partial charge in [0.1, 0.15) is 70.2 Å². The zero-order valence-corrected chi connectivity index (χ0v) is 45.9. The van der Waals surface area contributed by atoms with Crippen LogP contribution in [0.2, 0.25) is 0 Å². The summed E-state index contributed by atoms with van der Waals surface area (Å²) in [6.45, 7) is 6.00. The molecule has 7 rings (SSSR count). The van der Waals surface area contributed by atoms with Crippen molar-refractivity contribution >= 4 is 46.4 Å². The molecule has 0 aromatic heterocycles. The Morgan fingerprint density at radius 3 is 0.694 bits per heavy atom. The van der Waals surface area contributed by atoms with Gasteiger partial charge in [-0.2, -0.15) is 0 Å². The molecule has 4 heteroatoms. The summed E-state index contributed by atoms with van der Waals surface area (Å²) in [5.41, 5.74) is 2.47. The average Bonchev–Trinajstić information content (AvgIpc) is 3.44. The monoisotopic (exact) mass is 997 g/mol. The number of rotatable bonds is 34. The molecular weight excluding hydrogens is 911 g/mol. The van der Waals surface area contributed by atoms with E-state index in [1.54, 1.807) is 0 Å². The summed E-state index contributed by atoms with van der Waals surface area (Å²) >= 11 is 0. The first kappa shape index (κ1) is 54.8. The van der Waals surface area contributed by atoms with Gasteiger partial charge < -0.3 is 9.47 Å². The second-order valence-corrected chi connectivity index (χ2v) is 27.0. The lowest BCUT2D eigenvalue weighted by Gasteiger charge is -2.30. The lowest BCUT2D eigenvalue weighted by Crippen LogP contribution is -2.33. The number of hydrogen-bond acceptors (Lipinski definition) is 2. The van der Waals surface area contributed by atoms with Crippen LogP contribution in [0.4, 0.5) is 0 Å². The van der Waals surface area contributed by atoms with Gasteiger partial charge in [0, 0.05) is 11.1 Å². The molecular formula is C68H86O2P2+2. The topological polar surface area (TPSA) is 18.5 Å². The van der Waals surface area contributed by atoms with Crippen molar-refractivity contribution < 1.29 is 9.47 Å². The predicted molar refractivity (Wildman–Crippen MR) is 319 cm³/mol. The van der Waals surface area contributed by atoms with Gasteiger partial charge in [-0.05, 0) is 97.8 Å². The Morgan fingerprint density at radius 2 is 0.472 bits per heavy atom. The number of hydrogen-bond donors (Lipinski definition) is 0. The molecule has 0 heterocycles. The van der Waals surface area contributed by atoms with Crippen molar-refractivity contribution in [2.45, 2.75) is 155 Å². The molecule has 0 aliphatic carbocycles. The first-order valence-electron chi connectivity index (χ1n) is 28.2. The Bertz CT molecular complexity index is 2130. The lowest BCUT2D eigenvalue weighted by atomic mass is 10.1. The quantitative estimate of drug-likeness (QED) is 0.0296. The van der Waals surface area contributed by atoms with Gasteiger partial charge in [-0.15, -0.1) is 0 Å². The molecule has 0 saturated heterocycles. The van der Waals surface area contributed by atoms with Crippen molar-refractivity contribution in [3.05, 3.63) is 205 Å². The summed E-state index contributed by atoms with van der Waals surface area (Å²) in [6.07, 6.45) is 27.6. The minimum atomic E-state index is -2.27. The average molecular weight is 997 g/mol. The van der Waals surface area contributed by atoms with Gasteiger partial charge in [-0.3, -0.25) is 0 Å². The fourth-order valence-electron chi connectivity index (χ4n) is 10.8. The minimum absolute atomic E-state index is 0.700. The normalized spacial score (nSPS) is 11.7. The first-order valence-corrected chi connectivity index (χ1v) is 32.1. The molecule has 0 amide bonds. The second kappa shape index (κ2) is 30.9. The van der Waals surface area contributed by atoms with Gasteiger partial charge in [-0.1, -0.05) is 239 Å². The Labute approximate surface area is 438 Å². The van der Waals surface area contributed by atoms with E-state index in [0.29, 0.717) is 13.2 Å². The molecule has 0 aliphatic heterocycles. The molecule has 0 unspecified atom stereocenters. The summed E-state index contributed by atoms with van der Waals surface area (Å²) in [5, 5.41) is 8.26. The molecule has 0 radical (unpaired) electrons. The van der Waals surface area contributed by atoms with Gasteiger partial charge in [-0.25, -0.2) is 0 Å². The molecule has 2 nitrogen and oxygen atoms in total. The highest BCUT2D eigenvalue weighted by Crippen LogP contribution is 2.62. The summed E-state index contributed by atoms with van der Waals surface area (Å²) in [6, 6.07) is 73.0. The van der Waals surface area contributed by atoms with E-state index in [1.165, 1.54) is 159 Å². The Balaban J connectivity index is 1.31. The molecule has 7 aromatic rings. The van der Waals surface area contributed by atoms with Crippen molar-refractivity contribution in [1.29, 1.82) is 0 Å². The Hall–Kier alpha value is -5.00. The minimum Gasteiger partial charge on any atom is -0.493 e. The summed E-state index contributed by atoms with van der Waals surface area (Å²) in [4.78, 5) is 0. The summed E-state index contributed by atoms with van der Waals surface area (Å²) in [7, 11) is -4.55. The van der Waals surface area contributed by atoms with E-state index in [0.717, 1.165) is 36.7 Å². The SMILES string of the molecule is CCCCCCCCCCCCOc1cc(C[P+](c2ccccc2)(c2ccccc2)c2ccccc2)c(OCCCCCCCCCCCC)cc1C[P+](c1ccccc1)(c1ccccc1)c1ccccc1. The van der Waals surface area contributed by atoms with Crippen LogP contribution in [0.15, 0.2) is 194 Å². The van der Waals surface area contributed by atoms with E-state index < -0.39 is 14.5 Å². The first-order chi connectivity index (χ1) is 35.7. The molecule has 0 saturated carbocycles. The highest BCUT2D eigenvalue weighted by Gasteiger charge is 2.48. The van der Waals surface area contributed by atoms with E-state index in [-0.39, 0.29) is 0 Å². The van der Waals surface area contributed by atoms with E-state index in [1.807, 2.05) is 0 Å². The standard InChI is InChI=1S/C68H86O2P2/c1-3-5-7-9-11-13-15-17-19-39-53-69-67-55-60(58-72(64-47-33-24-34-48-64,65-49-35-25-36-50-65)66-51-37-26-38-52-66)68(70-54-40-20-18-16-14-12-10-8-6-4-2)56-59(67)57-71(61-41-27-21-28-42-61,62-43-29-22-30-44-62)63-45-31-23-32-46-63/h21-38,41-52,55-56H,3-20,39-40,53-54,57-58H2,1-2H3/q+2. The maximum Gasteiger partial charge on any atom is 0.126 e. The van der Waals surface area contributed by atoms with E-state index in [4.69, 9.17) is 9.47 Å². The highest BCUT2D eigenvalue weighted by atomic mass is 31.2. The van der Waals surface area contributed by atoms with Crippen molar-refractivity contribution in [2.24, 2.45) is 0 Å². The van der Waals surface area contributed by atoms with Crippen molar-refractivity contribution in [3.8, 4) is 11.5 Å². The molecule has 0 N–H and O–H groups in total. The Kier molecular flexibility index (Phi) is 23.5. The van der Waals surface area contributed by atoms with Crippen LogP contribution in [0.25, 0.3) is 0 Å². The van der Waals surface area contributed by atoms with Gasteiger partial charge in [0.25, 0.3) is 0 Å². The maximum absolute atomic E-state index is 7.28. The van der Waals surface area contributed by atoms with Crippen LogP contribution in [0.3, 0.4) is 0 Å². The molecule has 0 bridgehead atoms. The van der Waals surface area contributed by atoms with E-state index >= 15 is 0 Å². The van der Waals surface area contributed by atoms with Crippen LogP contribution in [-0.2, 0) is 12.3 Å². The third-order valence-electron chi connectivity index (χ3n) is 14.8.